The van der Waals surface area contributed by atoms with E-state index in [9.17, 15) is 9.50 Å². The first-order valence-corrected chi connectivity index (χ1v) is 6.85. The highest BCUT2D eigenvalue weighted by molar-refractivity contribution is 5.20. The molecule has 0 aromatic carbocycles. The first-order chi connectivity index (χ1) is 9.57. The van der Waals surface area contributed by atoms with E-state index in [4.69, 9.17) is 0 Å². The van der Waals surface area contributed by atoms with E-state index in [0.717, 1.165) is 23.9 Å². The standard InChI is InChI=1S/C16H19FN2O/c1-3-12-5-7-14(18-10-12)9-16(20,4-2)15-8-6-13(17)11-19-15/h5-8,10-11,20H,3-4,9H2,1-2H3. The first kappa shape index (κ1) is 14.6. The molecular weight excluding hydrogens is 255 g/mol. The fourth-order valence-electron chi connectivity index (χ4n) is 2.12. The number of rotatable bonds is 5. The van der Waals surface area contributed by atoms with Gasteiger partial charge in [-0.2, -0.15) is 0 Å². The van der Waals surface area contributed by atoms with Crippen LogP contribution in [0.3, 0.4) is 0 Å². The second-order valence-electron chi connectivity index (χ2n) is 4.93. The normalized spacial score (nSPS) is 14.0. The number of hydrogen-bond acceptors (Lipinski definition) is 3. The molecule has 0 bridgehead atoms. The Morgan fingerprint density at radius 1 is 1.10 bits per heavy atom. The van der Waals surface area contributed by atoms with Crippen LogP contribution in [0.2, 0.25) is 0 Å². The summed E-state index contributed by atoms with van der Waals surface area (Å²) in [6, 6.07) is 6.77. The maximum Gasteiger partial charge on any atom is 0.141 e. The van der Waals surface area contributed by atoms with Gasteiger partial charge in [0.2, 0.25) is 0 Å². The first-order valence-electron chi connectivity index (χ1n) is 6.85. The third-order valence-corrected chi connectivity index (χ3v) is 3.56. The van der Waals surface area contributed by atoms with Crippen molar-refractivity contribution in [1.29, 1.82) is 0 Å². The Balaban J connectivity index is 2.23. The van der Waals surface area contributed by atoms with Gasteiger partial charge < -0.3 is 5.11 Å². The third-order valence-electron chi connectivity index (χ3n) is 3.56. The molecule has 0 aliphatic heterocycles. The number of aryl methyl sites for hydroxylation is 1. The van der Waals surface area contributed by atoms with E-state index in [1.807, 2.05) is 25.3 Å². The molecule has 4 heteroatoms. The second kappa shape index (κ2) is 6.09. The summed E-state index contributed by atoms with van der Waals surface area (Å²) >= 11 is 0. The summed E-state index contributed by atoms with van der Waals surface area (Å²) in [6.45, 7) is 3.95. The van der Waals surface area contributed by atoms with Gasteiger partial charge in [-0.3, -0.25) is 9.97 Å². The molecule has 20 heavy (non-hydrogen) atoms. The van der Waals surface area contributed by atoms with Crippen molar-refractivity contribution in [2.75, 3.05) is 0 Å². The molecule has 0 radical (unpaired) electrons. The summed E-state index contributed by atoms with van der Waals surface area (Å²) in [7, 11) is 0. The van der Waals surface area contributed by atoms with Crippen LogP contribution < -0.4 is 0 Å². The van der Waals surface area contributed by atoms with E-state index in [1.54, 1.807) is 0 Å². The summed E-state index contributed by atoms with van der Waals surface area (Å²) in [6.07, 6.45) is 4.74. The predicted molar refractivity (Wildman–Crippen MR) is 75.7 cm³/mol. The molecule has 0 saturated carbocycles. The molecule has 0 amide bonds. The minimum absolute atomic E-state index is 0.367. The smallest absolute Gasteiger partial charge is 0.141 e. The van der Waals surface area contributed by atoms with Crippen molar-refractivity contribution in [2.24, 2.45) is 0 Å². The molecular formula is C16H19FN2O. The zero-order chi connectivity index (χ0) is 14.6. The Morgan fingerprint density at radius 2 is 1.90 bits per heavy atom. The molecule has 106 valence electrons. The molecule has 2 heterocycles. The molecule has 0 aliphatic rings. The van der Waals surface area contributed by atoms with Crippen molar-refractivity contribution >= 4 is 0 Å². The highest BCUT2D eigenvalue weighted by Crippen LogP contribution is 2.27. The molecule has 0 saturated heterocycles. The van der Waals surface area contributed by atoms with E-state index >= 15 is 0 Å². The van der Waals surface area contributed by atoms with E-state index in [0.29, 0.717) is 18.5 Å². The molecule has 0 spiro atoms. The summed E-state index contributed by atoms with van der Waals surface area (Å²) < 4.78 is 12.9. The van der Waals surface area contributed by atoms with Crippen LogP contribution in [0.5, 0.6) is 0 Å². The Bertz CT molecular complexity index is 554. The Hall–Kier alpha value is -1.81. The van der Waals surface area contributed by atoms with Crippen molar-refractivity contribution in [2.45, 2.75) is 38.7 Å². The van der Waals surface area contributed by atoms with Gasteiger partial charge in [0.25, 0.3) is 0 Å². The van der Waals surface area contributed by atoms with E-state index in [1.165, 1.54) is 12.1 Å². The van der Waals surface area contributed by atoms with E-state index in [2.05, 4.69) is 16.9 Å². The lowest BCUT2D eigenvalue weighted by molar-refractivity contribution is 0.0272. The molecule has 1 atom stereocenters. The molecule has 1 unspecified atom stereocenters. The second-order valence-corrected chi connectivity index (χ2v) is 4.93. The van der Waals surface area contributed by atoms with Crippen LogP contribution in [0.4, 0.5) is 4.39 Å². The van der Waals surface area contributed by atoms with Gasteiger partial charge in [-0.25, -0.2) is 4.39 Å². The summed E-state index contributed by atoms with van der Waals surface area (Å²) in [5.74, 6) is -0.405. The summed E-state index contributed by atoms with van der Waals surface area (Å²) in [4.78, 5) is 8.36. The monoisotopic (exact) mass is 274 g/mol. The van der Waals surface area contributed by atoms with Crippen LogP contribution in [-0.4, -0.2) is 15.1 Å². The fraction of sp³-hybridized carbons (Fsp3) is 0.375. The molecule has 2 rings (SSSR count). The molecule has 1 N–H and O–H groups in total. The predicted octanol–water partition coefficient (Wildman–Crippen LogP) is 3.02. The number of nitrogens with zero attached hydrogens (tertiary/aromatic N) is 2. The van der Waals surface area contributed by atoms with Gasteiger partial charge in [-0.05, 0) is 36.6 Å². The lowest BCUT2D eigenvalue weighted by Crippen LogP contribution is -2.29. The van der Waals surface area contributed by atoms with Crippen LogP contribution in [0.15, 0.2) is 36.7 Å². The Kier molecular flexibility index (Phi) is 4.45. The van der Waals surface area contributed by atoms with Crippen LogP contribution in [0.1, 0.15) is 37.2 Å². The highest BCUT2D eigenvalue weighted by Gasteiger charge is 2.29. The summed E-state index contributed by atoms with van der Waals surface area (Å²) in [5.41, 5.74) is 1.32. The van der Waals surface area contributed by atoms with Crippen LogP contribution in [-0.2, 0) is 18.4 Å². The fourth-order valence-corrected chi connectivity index (χ4v) is 2.12. The Labute approximate surface area is 118 Å². The zero-order valence-electron chi connectivity index (χ0n) is 11.8. The van der Waals surface area contributed by atoms with Crippen molar-refractivity contribution in [3.63, 3.8) is 0 Å². The van der Waals surface area contributed by atoms with E-state index < -0.39 is 11.4 Å². The quantitative estimate of drug-likeness (QED) is 0.911. The van der Waals surface area contributed by atoms with Gasteiger partial charge in [-0.15, -0.1) is 0 Å². The maximum atomic E-state index is 12.9. The van der Waals surface area contributed by atoms with Crippen LogP contribution in [0.25, 0.3) is 0 Å². The van der Waals surface area contributed by atoms with Crippen molar-refractivity contribution < 1.29 is 9.50 Å². The van der Waals surface area contributed by atoms with Gasteiger partial charge in [0.1, 0.15) is 11.4 Å². The average Bonchev–Trinajstić information content (AvgIpc) is 2.48. The molecule has 2 aromatic rings. The number of hydrogen-bond donors (Lipinski definition) is 1. The number of halogens is 1. The Morgan fingerprint density at radius 3 is 2.40 bits per heavy atom. The van der Waals surface area contributed by atoms with Crippen LogP contribution >= 0.6 is 0 Å². The number of pyridine rings is 2. The van der Waals surface area contributed by atoms with E-state index in [-0.39, 0.29) is 0 Å². The molecule has 2 aromatic heterocycles. The van der Waals surface area contributed by atoms with Gasteiger partial charge >= 0.3 is 0 Å². The van der Waals surface area contributed by atoms with Gasteiger partial charge in [0, 0.05) is 18.3 Å². The summed E-state index contributed by atoms with van der Waals surface area (Å²) in [5, 5.41) is 10.7. The topological polar surface area (TPSA) is 46.0 Å². The SMILES string of the molecule is CCc1ccc(CC(O)(CC)c2ccc(F)cn2)nc1. The maximum absolute atomic E-state index is 12.9. The van der Waals surface area contributed by atoms with Gasteiger partial charge in [0.15, 0.2) is 0 Å². The number of aliphatic hydroxyl groups is 1. The highest BCUT2D eigenvalue weighted by atomic mass is 19.1. The minimum atomic E-state index is -1.12. The largest absolute Gasteiger partial charge is 0.383 e. The molecule has 0 aliphatic carbocycles. The van der Waals surface area contributed by atoms with Gasteiger partial charge in [-0.1, -0.05) is 19.9 Å². The van der Waals surface area contributed by atoms with Gasteiger partial charge in [0.05, 0.1) is 11.9 Å². The van der Waals surface area contributed by atoms with Crippen molar-refractivity contribution in [3.8, 4) is 0 Å². The minimum Gasteiger partial charge on any atom is -0.383 e. The van der Waals surface area contributed by atoms with Crippen LogP contribution in [0, 0.1) is 5.82 Å². The lowest BCUT2D eigenvalue weighted by atomic mass is 9.90. The molecule has 0 fully saturated rings. The molecule has 3 nitrogen and oxygen atoms in total. The van der Waals surface area contributed by atoms with Crippen molar-refractivity contribution in [1.82, 2.24) is 9.97 Å². The number of aromatic nitrogens is 2. The third kappa shape index (κ3) is 3.20. The van der Waals surface area contributed by atoms with Crippen molar-refractivity contribution in [3.05, 3.63) is 59.4 Å². The lowest BCUT2D eigenvalue weighted by Gasteiger charge is -2.26. The zero-order valence-corrected chi connectivity index (χ0v) is 11.8. The average molecular weight is 274 g/mol.